The third kappa shape index (κ3) is 1.81. The van der Waals surface area contributed by atoms with Crippen LogP contribution in [-0.4, -0.2) is 11.7 Å². The summed E-state index contributed by atoms with van der Waals surface area (Å²) in [6.45, 7) is 0.294. The Labute approximate surface area is 84.7 Å². The molecule has 0 aliphatic heterocycles. The van der Waals surface area contributed by atoms with Gasteiger partial charge in [-0.1, -0.05) is 30.7 Å². The smallest absolute Gasteiger partial charge is 0.0912 e. The highest BCUT2D eigenvalue weighted by Gasteiger charge is 2.19. The van der Waals surface area contributed by atoms with Crippen LogP contribution in [0.3, 0.4) is 0 Å². The van der Waals surface area contributed by atoms with E-state index >= 15 is 0 Å². The topological polar surface area (TPSA) is 46.2 Å². The van der Waals surface area contributed by atoms with Gasteiger partial charge in [-0.2, -0.15) is 0 Å². The van der Waals surface area contributed by atoms with E-state index in [0.717, 1.165) is 11.5 Å². The SMILES string of the molecule is NCC(O)c1ccc(C2CCC2)cc1. The Morgan fingerprint density at radius 2 is 1.93 bits per heavy atom. The second-order valence-electron chi connectivity index (χ2n) is 4.05. The van der Waals surface area contributed by atoms with Crippen molar-refractivity contribution in [1.82, 2.24) is 0 Å². The summed E-state index contributed by atoms with van der Waals surface area (Å²) in [6.07, 6.45) is 3.49. The fraction of sp³-hybridized carbons (Fsp3) is 0.500. The maximum atomic E-state index is 9.50. The van der Waals surface area contributed by atoms with E-state index in [2.05, 4.69) is 12.1 Å². The molecule has 1 saturated carbocycles. The van der Waals surface area contributed by atoms with Crippen LogP contribution in [0.1, 0.15) is 42.4 Å². The van der Waals surface area contributed by atoms with Crippen LogP contribution in [0.5, 0.6) is 0 Å². The van der Waals surface area contributed by atoms with E-state index in [4.69, 9.17) is 5.73 Å². The summed E-state index contributed by atoms with van der Waals surface area (Å²) >= 11 is 0. The first-order valence-electron chi connectivity index (χ1n) is 5.29. The Morgan fingerprint density at radius 1 is 1.29 bits per heavy atom. The summed E-state index contributed by atoms with van der Waals surface area (Å²) in [5, 5.41) is 9.50. The molecule has 14 heavy (non-hydrogen) atoms. The Morgan fingerprint density at radius 3 is 2.36 bits per heavy atom. The zero-order valence-electron chi connectivity index (χ0n) is 8.32. The Kier molecular flexibility index (Phi) is 2.85. The maximum absolute atomic E-state index is 9.50. The lowest BCUT2D eigenvalue weighted by molar-refractivity contribution is 0.186. The van der Waals surface area contributed by atoms with Crippen LogP contribution in [0.15, 0.2) is 24.3 Å². The van der Waals surface area contributed by atoms with Gasteiger partial charge >= 0.3 is 0 Å². The van der Waals surface area contributed by atoms with Crippen molar-refractivity contribution in [2.45, 2.75) is 31.3 Å². The highest BCUT2D eigenvalue weighted by Crippen LogP contribution is 2.36. The van der Waals surface area contributed by atoms with Gasteiger partial charge in [0.2, 0.25) is 0 Å². The predicted molar refractivity (Wildman–Crippen MR) is 57.0 cm³/mol. The molecule has 0 bridgehead atoms. The highest BCUT2D eigenvalue weighted by atomic mass is 16.3. The lowest BCUT2D eigenvalue weighted by Crippen LogP contribution is -2.12. The number of nitrogens with two attached hydrogens (primary N) is 1. The molecule has 0 radical (unpaired) electrons. The first-order valence-corrected chi connectivity index (χ1v) is 5.29. The third-order valence-corrected chi connectivity index (χ3v) is 3.12. The van der Waals surface area contributed by atoms with E-state index in [1.165, 1.54) is 24.8 Å². The molecule has 0 amide bonds. The summed E-state index contributed by atoms with van der Waals surface area (Å²) in [5.41, 5.74) is 7.72. The minimum Gasteiger partial charge on any atom is -0.387 e. The Balaban J connectivity index is 2.09. The van der Waals surface area contributed by atoms with Crippen molar-refractivity contribution in [3.8, 4) is 0 Å². The largest absolute Gasteiger partial charge is 0.387 e. The van der Waals surface area contributed by atoms with Gasteiger partial charge in [0.05, 0.1) is 6.10 Å². The number of aliphatic hydroxyl groups excluding tert-OH is 1. The second kappa shape index (κ2) is 4.11. The van der Waals surface area contributed by atoms with Crippen LogP contribution in [0.25, 0.3) is 0 Å². The third-order valence-electron chi connectivity index (χ3n) is 3.12. The molecule has 1 fully saturated rings. The van der Waals surface area contributed by atoms with Gasteiger partial charge in [-0.05, 0) is 29.9 Å². The molecule has 2 heteroatoms. The van der Waals surface area contributed by atoms with Gasteiger partial charge in [0.1, 0.15) is 0 Å². The Hall–Kier alpha value is -0.860. The number of hydrogen-bond acceptors (Lipinski definition) is 2. The van der Waals surface area contributed by atoms with E-state index < -0.39 is 6.10 Å². The van der Waals surface area contributed by atoms with Crippen LogP contribution >= 0.6 is 0 Å². The lowest BCUT2D eigenvalue weighted by Gasteiger charge is -2.26. The quantitative estimate of drug-likeness (QED) is 0.767. The van der Waals surface area contributed by atoms with Crippen molar-refractivity contribution in [2.24, 2.45) is 5.73 Å². The summed E-state index contributed by atoms with van der Waals surface area (Å²) in [4.78, 5) is 0. The molecule has 0 saturated heterocycles. The first kappa shape index (κ1) is 9.69. The monoisotopic (exact) mass is 191 g/mol. The summed E-state index contributed by atoms with van der Waals surface area (Å²) < 4.78 is 0. The van der Waals surface area contributed by atoms with E-state index in [9.17, 15) is 5.11 Å². The molecule has 0 aromatic heterocycles. The fourth-order valence-electron chi connectivity index (χ4n) is 1.87. The van der Waals surface area contributed by atoms with Crippen LogP contribution in [0.4, 0.5) is 0 Å². The molecular formula is C12H17NO. The lowest BCUT2D eigenvalue weighted by atomic mass is 9.80. The van der Waals surface area contributed by atoms with Crippen LogP contribution in [0, 0.1) is 0 Å². The molecular weight excluding hydrogens is 174 g/mol. The molecule has 76 valence electrons. The molecule has 1 unspecified atom stereocenters. The summed E-state index contributed by atoms with van der Waals surface area (Å²) in [5.74, 6) is 0.763. The first-order chi connectivity index (χ1) is 6.81. The number of benzene rings is 1. The molecule has 0 spiro atoms. The van der Waals surface area contributed by atoms with E-state index in [1.807, 2.05) is 12.1 Å². The number of aliphatic hydroxyl groups is 1. The van der Waals surface area contributed by atoms with Crippen molar-refractivity contribution in [3.05, 3.63) is 35.4 Å². The fourth-order valence-corrected chi connectivity index (χ4v) is 1.87. The standard InChI is InChI=1S/C12H17NO/c13-8-12(14)11-6-4-10(5-7-11)9-2-1-3-9/h4-7,9,12,14H,1-3,8,13H2. The van der Waals surface area contributed by atoms with Crippen LogP contribution in [0.2, 0.25) is 0 Å². The minimum atomic E-state index is -0.509. The molecule has 2 nitrogen and oxygen atoms in total. The molecule has 3 N–H and O–H groups in total. The second-order valence-corrected chi connectivity index (χ2v) is 4.05. The minimum absolute atomic E-state index is 0.294. The van der Waals surface area contributed by atoms with Gasteiger partial charge < -0.3 is 10.8 Å². The van der Waals surface area contributed by atoms with Gasteiger partial charge in [-0.25, -0.2) is 0 Å². The predicted octanol–water partition coefficient (Wildman–Crippen LogP) is 1.95. The zero-order chi connectivity index (χ0) is 9.97. The van der Waals surface area contributed by atoms with Crippen molar-refractivity contribution in [2.75, 3.05) is 6.54 Å². The molecule has 1 aliphatic carbocycles. The number of rotatable bonds is 3. The molecule has 0 heterocycles. The molecule has 1 atom stereocenters. The molecule has 1 aromatic rings. The van der Waals surface area contributed by atoms with Crippen LogP contribution < -0.4 is 5.73 Å². The highest BCUT2D eigenvalue weighted by molar-refractivity contribution is 5.27. The maximum Gasteiger partial charge on any atom is 0.0912 e. The van der Waals surface area contributed by atoms with E-state index in [1.54, 1.807) is 0 Å². The number of hydrogen-bond donors (Lipinski definition) is 2. The molecule has 2 rings (SSSR count). The molecule has 1 aliphatic rings. The summed E-state index contributed by atoms with van der Waals surface area (Å²) in [6, 6.07) is 8.23. The van der Waals surface area contributed by atoms with Crippen molar-refractivity contribution in [1.29, 1.82) is 0 Å². The van der Waals surface area contributed by atoms with E-state index in [0.29, 0.717) is 6.54 Å². The average molecular weight is 191 g/mol. The van der Waals surface area contributed by atoms with Gasteiger partial charge in [0.25, 0.3) is 0 Å². The van der Waals surface area contributed by atoms with E-state index in [-0.39, 0.29) is 0 Å². The van der Waals surface area contributed by atoms with Gasteiger partial charge in [0, 0.05) is 6.54 Å². The van der Waals surface area contributed by atoms with Crippen molar-refractivity contribution in [3.63, 3.8) is 0 Å². The normalized spacial score (nSPS) is 19.0. The summed E-state index contributed by atoms with van der Waals surface area (Å²) in [7, 11) is 0. The average Bonchev–Trinajstić information content (AvgIpc) is 2.15. The van der Waals surface area contributed by atoms with Gasteiger partial charge in [-0.3, -0.25) is 0 Å². The Bertz CT molecular complexity index is 266. The zero-order valence-corrected chi connectivity index (χ0v) is 8.32. The van der Waals surface area contributed by atoms with Crippen molar-refractivity contribution >= 4 is 0 Å². The van der Waals surface area contributed by atoms with Gasteiger partial charge in [-0.15, -0.1) is 0 Å². The molecule has 1 aromatic carbocycles. The van der Waals surface area contributed by atoms with Gasteiger partial charge in [0.15, 0.2) is 0 Å². The van der Waals surface area contributed by atoms with Crippen molar-refractivity contribution < 1.29 is 5.11 Å². The van der Waals surface area contributed by atoms with Crippen LogP contribution in [-0.2, 0) is 0 Å².